The molecule has 1 aliphatic heterocycles. The SMILES string of the molecule is CCN(CCOC)c1ccc(Nc2nc(-c3c[nH]c(C(=O)N4CCCC4)c3)cs2)cc1. The van der Waals surface area contributed by atoms with Crippen LogP contribution >= 0.6 is 11.3 Å². The fourth-order valence-electron chi connectivity index (χ4n) is 3.77. The topological polar surface area (TPSA) is 73.5 Å². The van der Waals surface area contributed by atoms with Crippen LogP contribution in [0.3, 0.4) is 0 Å². The predicted octanol–water partition coefficient (Wildman–Crippen LogP) is 4.59. The second kappa shape index (κ2) is 9.98. The Balaban J connectivity index is 1.40. The van der Waals surface area contributed by atoms with Crippen molar-refractivity contribution in [2.75, 3.05) is 50.1 Å². The molecule has 1 aliphatic rings. The van der Waals surface area contributed by atoms with E-state index < -0.39 is 0 Å². The summed E-state index contributed by atoms with van der Waals surface area (Å²) in [6.45, 7) is 6.35. The number of nitrogens with one attached hydrogen (secondary N) is 2. The molecule has 0 spiro atoms. The fourth-order valence-corrected chi connectivity index (χ4v) is 4.51. The number of likely N-dealkylation sites (tertiary alicyclic amines) is 1. The smallest absolute Gasteiger partial charge is 0.270 e. The van der Waals surface area contributed by atoms with Gasteiger partial charge in [0.1, 0.15) is 5.69 Å². The van der Waals surface area contributed by atoms with Crippen LogP contribution in [0, 0.1) is 0 Å². The van der Waals surface area contributed by atoms with E-state index in [0.29, 0.717) is 12.3 Å². The van der Waals surface area contributed by atoms with Gasteiger partial charge in [0.15, 0.2) is 5.13 Å². The lowest BCUT2D eigenvalue weighted by atomic mass is 10.2. The number of H-pyrrole nitrogens is 1. The number of aromatic amines is 1. The van der Waals surface area contributed by atoms with Gasteiger partial charge in [0.05, 0.1) is 12.3 Å². The largest absolute Gasteiger partial charge is 0.383 e. The first-order valence-electron chi connectivity index (χ1n) is 10.7. The van der Waals surface area contributed by atoms with Gasteiger partial charge in [-0.05, 0) is 50.1 Å². The van der Waals surface area contributed by atoms with Crippen LogP contribution in [0.25, 0.3) is 11.3 Å². The molecule has 4 rings (SSSR count). The Morgan fingerprint density at radius 2 is 2.06 bits per heavy atom. The number of carbonyl (C=O) groups excluding carboxylic acids is 1. The summed E-state index contributed by atoms with van der Waals surface area (Å²) in [7, 11) is 1.73. The summed E-state index contributed by atoms with van der Waals surface area (Å²) < 4.78 is 5.19. The van der Waals surface area contributed by atoms with E-state index in [2.05, 4.69) is 46.4 Å². The predicted molar refractivity (Wildman–Crippen MR) is 127 cm³/mol. The van der Waals surface area contributed by atoms with E-state index in [1.165, 1.54) is 5.69 Å². The molecule has 0 aliphatic carbocycles. The normalized spacial score (nSPS) is 13.5. The summed E-state index contributed by atoms with van der Waals surface area (Å²) in [6.07, 6.45) is 4.03. The minimum absolute atomic E-state index is 0.0732. The van der Waals surface area contributed by atoms with E-state index >= 15 is 0 Å². The Bertz CT molecular complexity index is 992. The number of hydrogen-bond donors (Lipinski definition) is 2. The van der Waals surface area contributed by atoms with Gasteiger partial charge in [-0.1, -0.05) is 0 Å². The first kappa shape index (κ1) is 21.4. The average Bonchev–Trinajstić information content (AvgIpc) is 3.56. The van der Waals surface area contributed by atoms with Gasteiger partial charge in [0.25, 0.3) is 5.91 Å². The molecule has 3 heterocycles. The molecule has 2 aromatic heterocycles. The molecule has 8 heteroatoms. The third-order valence-corrected chi connectivity index (χ3v) is 6.30. The molecule has 7 nitrogen and oxygen atoms in total. The molecular formula is C23H29N5O2S. The zero-order chi connectivity index (χ0) is 21.6. The highest BCUT2D eigenvalue weighted by Gasteiger charge is 2.21. The van der Waals surface area contributed by atoms with Crippen LogP contribution in [0.15, 0.2) is 41.9 Å². The number of anilines is 3. The third-order valence-electron chi connectivity index (χ3n) is 5.54. The van der Waals surface area contributed by atoms with Crippen molar-refractivity contribution in [1.29, 1.82) is 0 Å². The molecule has 31 heavy (non-hydrogen) atoms. The molecule has 0 bridgehead atoms. The van der Waals surface area contributed by atoms with E-state index in [1.807, 2.05) is 22.5 Å². The minimum Gasteiger partial charge on any atom is -0.383 e. The van der Waals surface area contributed by atoms with Gasteiger partial charge in [-0.25, -0.2) is 4.98 Å². The number of amides is 1. The molecule has 1 fully saturated rings. The molecule has 0 saturated carbocycles. The van der Waals surface area contributed by atoms with E-state index in [-0.39, 0.29) is 5.91 Å². The van der Waals surface area contributed by atoms with Crippen LogP contribution < -0.4 is 10.2 Å². The first-order valence-corrected chi connectivity index (χ1v) is 11.6. The Morgan fingerprint density at radius 3 is 2.77 bits per heavy atom. The number of carbonyl (C=O) groups is 1. The minimum atomic E-state index is 0.0732. The number of aromatic nitrogens is 2. The molecule has 0 atom stereocenters. The summed E-state index contributed by atoms with van der Waals surface area (Å²) >= 11 is 1.55. The number of rotatable bonds is 9. The van der Waals surface area contributed by atoms with Gasteiger partial charge in [0, 0.05) is 61.8 Å². The number of ether oxygens (including phenoxy) is 1. The van der Waals surface area contributed by atoms with Crippen LogP contribution in [-0.2, 0) is 4.74 Å². The summed E-state index contributed by atoms with van der Waals surface area (Å²) in [5, 5.41) is 6.20. The van der Waals surface area contributed by atoms with Gasteiger partial charge >= 0.3 is 0 Å². The Labute approximate surface area is 187 Å². The van der Waals surface area contributed by atoms with Crippen molar-refractivity contribution >= 4 is 33.8 Å². The van der Waals surface area contributed by atoms with Crippen LogP contribution in [-0.4, -0.2) is 60.7 Å². The van der Waals surface area contributed by atoms with Crippen LogP contribution in [0.5, 0.6) is 0 Å². The number of hydrogen-bond acceptors (Lipinski definition) is 6. The number of methoxy groups -OCH3 is 1. The molecule has 0 radical (unpaired) electrons. The monoisotopic (exact) mass is 439 g/mol. The molecule has 3 aromatic rings. The second-order valence-corrected chi connectivity index (χ2v) is 8.44. The molecular weight excluding hydrogens is 410 g/mol. The zero-order valence-corrected chi connectivity index (χ0v) is 18.9. The summed E-state index contributed by atoms with van der Waals surface area (Å²) in [4.78, 5) is 24.5. The molecule has 1 aromatic carbocycles. The highest BCUT2D eigenvalue weighted by molar-refractivity contribution is 7.14. The maximum absolute atomic E-state index is 12.5. The highest BCUT2D eigenvalue weighted by atomic mass is 32.1. The van der Waals surface area contributed by atoms with E-state index in [4.69, 9.17) is 9.72 Å². The third kappa shape index (κ3) is 5.08. The zero-order valence-electron chi connectivity index (χ0n) is 18.1. The number of thiazole rings is 1. The van der Waals surface area contributed by atoms with Gasteiger partial charge in [-0.3, -0.25) is 4.79 Å². The Morgan fingerprint density at radius 1 is 1.29 bits per heavy atom. The van der Waals surface area contributed by atoms with E-state index in [0.717, 1.165) is 61.1 Å². The van der Waals surface area contributed by atoms with Crippen molar-refractivity contribution in [3.05, 3.63) is 47.6 Å². The molecule has 164 valence electrons. The van der Waals surface area contributed by atoms with Crippen molar-refractivity contribution in [3.8, 4) is 11.3 Å². The standard InChI is InChI=1S/C23H29N5O2S/c1-3-27(12-13-30-2)19-8-6-18(7-9-19)25-23-26-21(16-31-23)17-14-20(24-15-17)22(29)28-10-4-5-11-28/h6-9,14-16,24H,3-5,10-13H2,1-2H3,(H,25,26). The second-order valence-electron chi connectivity index (χ2n) is 7.58. The molecule has 0 unspecified atom stereocenters. The Kier molecular flexibility index (Phi) is 6.89. The lowest BCUT2D eigenvalue weighted by molar-refractivity contribution is 0.0788. The number of benzene rings is 1. The van der Waals surface area contributed by atoms with Gasteiger partial charge in [0.2, 0.25) is 0 Å². The van der Waals surface area contributed by atoms with Gasteiger partial charge in [-0.15, -0.1) is 11.3 Å². The average molecular weight is 440 g/mol. The maximum Gasteiger partial charge on any atom is 0.270 e. The summed E-state index contributed by atoms with van der Waals surface area (Å²) in [6, 6.07) is 10.2. The highest BCUT2D eigenvalue weighted by Crippen LogP contribution is 2.29. The Hall–Kier alpha value is -2.84. The lowest BCUT2D eigenvalue weighted by Gasteiger charge is -2.22. The van der Waals surface area contributed by atoms with E-state index in [1.54, 1.807) is 18.4 Å². The van der Waals surface area contributed by atoms with Crippen LogP contribution in [0.4, 0.5) is 16.5 Å². The van der Waals surface area contributed by atoms with Crippen molar-refractivity contribution in [2.24, 2.45) is 0 Å². The van der Waals surface area contributed by atoms with Crippen molar-refractivity contribution < 1.29 is 9.53 Å². The van der Waals surface area contributed by atoms with Gasteiger partial charge in [-0.2, -0.15) is 0 Å². The van der Waals surface area contributed by atoms with E-state index in [9.17, 15) is 4.79 Å². The lowest BCUT2D eigenvalue weighted by Crippen LogP contribution is -2.27. The van der Waals surface area contributed by atoms with Crippen LogP contribution in [0.2, 0.25) is 0 Å². The number of likely N-dealkylation sites (N-methyl/N-ethyl adjacent to an activating group) is 1. The summed E-state index contributed by atoms with van der Waals surface area (Å²) in [5.74, 6) is 0.0732. The molecule has 2 N–H and O–H groups in total. The summed E-state index contributed by atoms with van der Waals surface area (Å²) in [5.41, 5.74) is 4.58. The molecule has 1 amide bonds. The van der Waals surface area contributed by atoms with Crippen molar-refractivity contribution in [2.45, 2.75) is 19.8 Å². The van der Waals surface area contributed by atoms with Crippen molar-refractivity contribution in [3.63, 3.8) is 0 Å². The number of nitrogens with zero attached hydrogens (tertiary/aromatic N) is 3. The maximum atomic E-state index is 12.5. The quantitative estimate of drug-likeness (QED) is 0.510. The first-order chi connectivity index (χ1) is 15.2. The van der Waals surface area contributed by atoms with Crippen LogP contribution in [0.1, 0.15) is 30.3 Å². The van der Waals surface area contributed by atoms with Gasteiger partial charge < -0.3 is 24.8 Å². The van der Waals surface area contributed by atoms with Crippen molar-refractivity contribution in [1.82, 2.24) is 14.9 Å². The fraction of sp³-hybridized carbons (Fsp3) is 0.391. The molecule has 1 saturated heterocycles.